The zero-order valence-corrected chi connectivity index (χ0v) is 11.3. The van der Waals surface area contributed by atoms with Gasteiger partial charge >= 0.3 is 0 Å². The number of hydrogen-bond acceptors (Lipinski definition) is 4. The lowest BCUT2D eigenvalue weighted by Gasteiger charge is -2.24. The van der Waals surface area contributed by atoms with E-state index in [1.165, 1.54) is 0 Å². The predicted octanol–water partition coefficient (Wildman–Crippen LogP) is 1.89. The molecule has 1 aromatic rings. The third-order valence-corrected chi connectivity index (χ3v) is 4.51. The molecule has 0 aliphatic carbocycles. The summed E-state index contributed by atoms with van der Waals surface area (Å²) in [6.45, 7) is 6.96. The fourth-order valence-electron chi connectivity index (χ4n) is 2.26. The van der Waals surface area contributed by atoms with Crippen molar-refractivity contribution < 1.29 is 4.79 Å². The SMILES string of the molecule is CCN1C(=O)CC(N)C1c1cnc(C(C)C)s1. The molecule has 1 amide bonds. The molecular weight excluding hydrogens is 234 g/mol. The Hall–Kier alpha value is -0.940. The molecule has 17 heavy (non-hydrogen) atoms. The number of nitrogens with two attached hydrogens (primary N) is 1. The van der Waals surface area contributed by atoms with Gasteiger partial charge in [-0.3, -0.25) is 4.79 Å². The summed E-state index contributed by atoms with van der Waals surface area (Å²) in [6, 6.07) is -0.0691. The van der Waals surface area contributed by atoms with Crippen LogP contribution < -0.4 is 5.73 Å². The first kappa shape index (κ1) is 12.5. The molecule has 0 saturated carbocycles. The summed E-state index contributed by atoms with van der Waals surface area (Å²) in [6.07, 6.45) is 2.33. The minimum atomic E-state index is -0.0945. The number of rotatable bonds is 3. The van der Waals surface area contributed by atoms with E-state index in [1.54, 1.807) is 11.3 Å². The fraction of sp³-hybridized carbons (Fsp3) is 0.667. The molecule has 2 rings (SSSR count). The van der Waals surface area contributed by atoms with Crippen LogP contribution in [0.5, 0.6) is 0 Å². The van der Waals surface area contributed by atoms with Crippen LogP contribution >= 0.6 is 11.3 Å². The van der Waals surface area contributed by atoms with E-state index in [2.05, 4.69) is 18.8 Å². The molecule has 0 bridgehead atoms. The molecular formula is C12H19N3OS. The van der Waals surface area contributed by atoms with Crippen LogP contribution in [0.25, 0.3) is 0 Å². The molecule has 0 aromatic carbocycles. The molecule has 94 valence electrons. The van der Waals surface area contributed by atoms with Crippen LogP contribution in [0.2, 0.25) is 0 Å². The topological polar surface area (TPSA) is 59.2 Å². The minimum Gasteiger partial charge on any atom is -0.333 e. The Morgan fingerprint density at radius 2 is 2.35 bits per heavy atom. The van der Waals surface area contributed by atoms with Crippen LogP contribution in [0.15, 0.2) is 6.20 Å². The van der Waals surface area contributed by atoms with Gasteiger partial charge in [-0.2, -0.15) is 0 Å². The van der Waals surface area contributed by atoms with Gasteiger partial charge in [0.1, 0.15) is 0 Å². The number of thiazole rings is 1. The van der Waals surface area contributed by atoms with Crippen molar-refractivity contribution in [1.82, 2.24) is 9.88 Å². The highest BCUT2D eigenvalue weighted by atomic mass is 32.1. The zero-order valence-electron chi connectivity index (χ0n) is 10.5. The van der Waals surface area contributed by atoms with E-state index in [0.29, 0.717) is 18.9 Å². The molecule has 4 nitrogen and oxygen atoms in total. The van der Waals surface area contributed by atoms with E-state index in [0.717, 1.165) is 9.88 Å². The molecule has 1 aliphatic rings. The Bertz CT molecular complexity index is 416. The Kier molecular flexibility index (Phi) is 3.49. The van der Waals surface area contributed by atoms with Gasteiger partial charge in [-0.1, -0.05) is 13.8 Å². The van der Waals surface area contributed by atoms with E-state index in [-0.39, 0.29) is 18.0 Å². The molecule has 1 aromatic heterocycles. The van der Waals surface area contributed by atoms with Crippen LogP contribution in [0.3, 0.4) is 0 Å². The number of likely N-dealkylation sites (N-methyl/N-ethyl adjacent to an activating group) is 1. The van der Waals surface area contributed by atoms with Crippen molar-refractivity contribution in [2.45, 2.75) is 45.2 Å². The quantitative estimate of drug-likeness (QED) is 0.895. The minimum absolute atomic E-state index is 0.0255. The molecule has 2 N–H and O–H groups in total. The number of likely N-dealkylation sites (tertiary alicyclic amines) is 1. The normalized spacial score (nSPS) is 25.0. The second kappa shape index (κ2) is 4.74. The maximum Gasteiger partial charge on any atom is 0.224 e. The largest absolute Gasteiger partial charge is 0.333 e. The summed E-state index contributed by atoms with van der Waals surface area (Å²) in [4.78, 5) is 19.2. The predicted molar refractivity (Wildman–Crippen MR) is 68.9 cm³/mol. The van der Waals surface area contributed by atoms with Gasteiger partial charge in [0.2, 0.25) is 5.91 Å². The van der Waals surface area contributed by atoms with Crippen molar-refractivity contribution >= 4 is 17.2 Å². The van der Waals surface area contributed by atoms with E-state index >= 15 is 0 Å². The van der Waals surface area contributed by atoms with Crippen molar-refractivity contribution in [2.24, 2.45) is 5.73 Å². The van der Waals surface area contributed by atoms with Crippen molar-refractivity contribution in [1.29, 1.82) is 0 Å². The molecule has 0 radical (unpaired) electrons. The Balaban J connectivity index is 2.28. The van der Waals surface area contributed by atoms with Gasteiger partial charge in [0.25, 0.3) is 0 Å². The standard InChI is InChI=1S/C12H19N3OS/c1-4-15-10(16)5-8(13)11(15)9-6-14-12(17-9)7(2)3/h6-8,11H,4-5,13H2,1-3H3. The number of carbonyl (C=O) groups excluding carboxylic acids is 1. The highest BCUT2D eigenvalue weighted by Gasteiger charge is 2.38. The van der Waals surface area contributed by atoms with Gasteiger partial charge in [-0.15, -0.1) is 11.3 Å². The monoisotopic (exact) mass is 253 g/mol. The molecule has 2 unspecified atom stereocenters. The number of hydrogen-bond donors (Lipinski definition) is 1. The van der Waals surface area contributed by atoms with Crippen LogP contribution in [0, 0.1) is 0 Å². The highest BCUT2D eigenvalue weighted by molar-refractivity contribution is 7.11. The average Bonchev–Trinajstić information content (AvgIpc) is 2.82. The first-order valence-corrected chi connectivity index (χ1v) is 6.87. The van der Waals surface area contributed by atoms with E-state index < -0.39 is 0 Å². The molecule has 1 saturated heterocycles. The molecule has 0 spiro atoms. The summed E-state index contributed by atoms with van der Waals surface area (Å²) in [5.74, 6) is 0.585. The van der Waals surface area contributed by atoms with Crippen molar-refractivity contribution in [2.75, 3.05) is 6.54 Å². The Morgan fingerprint density at radius 1 is 1.65 bits per heavy atom. The number of nitrogens with zero attached hydrogens (tertiary/aromatic N) is 2. The average molecular weight is 253 g/mol. The van der Waals surface area contributed by atoms with Gasteiger partial charge in [0, 0.05) is 36.0 Å². The van der Waals surface area contributed by atoms with Gasteiger partial charge < -0.3 is 10.6 Å². The third-order valence-electron chi connectivity index (χ3n) is 3.14. The summed E-state index contributed by atoms with van der Waals surface area (Å²) in [7, 11) is 0. The lowest BCUT2D eigenvalue weighted by Crippen LogP contribution is -2.32. The van der Waals surface area contributed by atoms with Crippen molar-refractivity contribution in [3.63, 3.8) is 0 Å². The lowest BCUT2D eigenvalue weighted by molar-refractivity contribution is -0.128. The van der Waals surface area contributed by atoms with Gasteiger partial charge in [0.05, 0.1) is 11.0 Å². The zero-order chi connectivity index (χ0) is 12.6. The smallest absolute Gasteiger partial charge is 0.224 e. The third kappa shape index (κ3) is 2.21. The van der Waals surface area contributed by atoms with Crippen molar-refractivity contribution in [3.05, 3.63) is 16.1 Å². The van der Waals surface area contributed by atoms with E-state index in [4.69, 9.17) is 5.73 Å². The Labute approximate surface area is 106 Å². The van der Waals surface area contributed by atoms with Crippen LogP contribution in [-0.4, -0.2) is 28.4 Å². The van der Waals surface area contributed by atoms with E-state index in [1.807, 2.05) is 18.0 Å². The summed E-state index contributed by atoms with van der Waals surface area (Å²) >= 11 is 1.68. The van der Waals surface area contributed by atoms with Gasteiger partial charge in [-0.25, -0.2) is 4.98 Å². The van der Waals surface area contributed by atoms with Gasteiger partial charge in [0.15, 0.2) is 0 Å². The van der Waals surface area contributed by atoms with Crippen LogP contribution in [-0.2, 0) is 4.79 Å². The molecule has 1 aliphatic heterocycles. The first-order valence-electron chi connectivity index (χ1n) is 6.05. The first-order chi connectivity index (χ1) is 8.04. The Morgan fingerprint density at radius 3 is 2.88 bits per heavy atom. The number of amides is 1. The number of aromatic nitrogens is 1. The molecule has 2 heterocycles. The summed E-state index contributed by atoms with van der Waals surface area (Å²) in [5, 5.41) is 1.11. The summed E-state index contributed by atoms with van der Waals surface area (Å²) in [5.41, 5.74) is 6.07. The summed E-state index contributed by atoms with van der Waals surface area (Å²) < 4.78 is 0. The molecule has 1 fully saturated rings. The second-order valence-corrected chi connectivity index (χ2v) is 5.84. The second-order valence-electron chi connectivity index (χ2n) is 4.75. The van der Waals surface area contributed by atoms with E-state index in [9.17, 15) is 4.79 Å². The maximum absolute atomic E-state index is 11.8. The van der Waals surface area contributed by atoms with Gasteiger partial charge in [-0.05, 0) is 6.92 Å². The molecule has 5 heteroatoms. The molecule has 2 atom stereocenters. The number of carbonyl (C=O) groups is 1. The maximum atomic E-state index is 11.8. The highest BCUT2D eigenvalue weighted by Crippen LogP contribution is 2.36. The lowest BCUT2D eigenvalue weighted by atomic mass is 10.1. The van der Waals surface area contributed by atoms with Crippen LogP contribution in [0.1, 0.15) is 49.0 Å². The van der Waals surface area contributed by atoms with Crippen LogP contribution in [0.4, 0.5) is 0 Å². The van der Waals surface area contributed by atoms with Crippen molar-refractivity contribution in [3.8, 4) is 0 Å². The fourth-order valence-corrected chi connectivity index (χ4v) is 3.37.